The molecule has 0 heterocycles. The molecule has 0 radical (unpaired) electrons. The second-order valence-corrected chi connectivity index (χ2v) is 8.60. The van der Waals surface area contributed by atoms with Crippen molar-refractivity contribution < 1.29 is 19.7 Å². The fraction of sp³-hybridized carbons (Fsp3) is 0.609. The fourth-order valence-corrected chi connectivity index (χ4v) is 4.41. The number of alkyl halides is 1. The fourth-order valence-electron chi connectivity index (χ4n) is 3.96. The molecule has 1 aromatic carbocycles. The van der Waals surface area contributed by atoms with Crippen molar-refractivity contribution in [3.8, 4) is 0 Å². The van der Waals surface area contributed by atoms with E-state index in [1.807, 2.05) is 38.1 Å². The van der Waals surface area contributed by atoms with Crippen molar-refractivity contribution in [1.29, 1.82) is 0 Å². The maximum Gasteiger partial charge on any atom is 0.305 e. The number of allylic oxidation sites excluding steroid dienone is 2. The summed E-state index contributed by atoms with van der Waals surface area (Å²) in [5, 5.41) is 20.7. The average molecular weight is 409 g/mol. The number of ether oxygens (including phenoxy) is 1. The smallest absolute Gasteiger partial charge is 0.305 e. The van der Waals surface area contributed by atoms with Crippen LogP contribution in [0.25, 0.3) is 0 Å². The van der Waals surface area contributed by atoms with Gasteiger partial charge in [-0.1, -0.05) is 50.3 Å². The van der Waals surface area contributed by atoms with Crippen molar-refractivity contribution in [3.63, 3.8) is 0 Å². The Morgan fingerprint density at radius 3 is 2.57 bits per heavy atom. The Hall–Kier alpha value is -1.36. The van der Waals surface area contributed by atoms with Gasteiger partial charge in [0.1, 0.15) is 0 Å². The third kappa shape index (κ3) is 6.07. The van der Waals surface area contributed by atoms with Crippen LogP contribution in [0.4, 0.5) is 0 Å². The molecule has 0 spiro atoms. The number of benzene rings is 1. The highest BCUT2D eigenvalue weighted by Gasteiger charge is 2.41. The van der Waals surface area contributed by atoms with Gasteiger partial charge in [0.25, 0.3) is 0 Å². The molecule has 1 aromatic rings. The van der Waals surface area contributed by atoms with Crippen LogP contribution in [-0.4, -0.2) is 34.8 Å². The first-order valence-electron chi connectivity index (χ1n) is 10.2. The van der Waals surface area contributed by atoms with Crippen LogP contribution in [-0.2, 0) is 9.53 Å². The summed E-state index contributed by atoms with van der Waals surface area (Å²) in [7, 11) is 1.40. The zero-order valence-corrected chi connectivity index (χ0v) is 17.8. The molecule has 1 saturated carbocycles. The van der Waals surface area contributed by atoms with Gasteiger partial charge < -0.3 is 14.9 Å². The summed E-state index contributed by atoms with van der Waals surface area (Å²) in [6.07, 6.45) is 6.66. The standard InChI is InChI=1S/C23H33ClO4/c1-15(2)23(27)17-12-10-16(11-13-17)22-18(19(24)14-20(22)25)8-6-4-5-7-9-21(26)28-3/h4,6,10-13,15,18-20,22-23,25,27H,5,7-9,14H2,1-3H3/t18-,19+,20+,22+,23?/m0/s1. The van der Waals surface area contributed by atoms with Crippen LogP contribution < -0.4 is 0 Å². The molecule has 2 rings (SSSR count). The number of esters is 1. The Bertz CT molecular complexity index is 641. The Balaban J connectivity index is 1.98. The Morgan fingerprint density at radius 2 is 1.96 bits per heavy atom. The van der Waals surface area contributed by atoms with Gasteiger partial charge in [0, 0.05) is 17.7 Å². The van der Waals surface area contributed by atoms with Crippen LogP contribution in [0.1, 0.15) is 69.1 Å². The minimum atomic E-state index is -0.480. The first-order valence-corrected chi connectivity index (χ1v) is 10.6. The minimum absolute atomic E-state index is 0.00698. The summed E-state index contributed by atoms with van der Waals surface area (Å²) in [4.78, 5) is 11.1. The second-order valence-electron chi connectivity index (χ2n) is 8.04. The van der Waals surface area contributed by atoms with Crippen molar-refractivity contribution in [2.75, 3.05) is 7.11 Å². The van der Waals surface area contributed by atoms with Crippen LogP contribution in [0, 0.1) is 11.8 Å². The second kappa shape index (κ2) is 11.0. The number of aliphatic hydroxyl groups excluding tert-OH is 2. The van der Waals surface area contributed by atoms with E-state index in [-0.39, 0.29) is 29.1 Å². The van der Waals surface area contributed by atoms with Crippen LogP contribution in [0.2, 0.25) is 0 Å². The van der Waals surface area contributed by atoms with E-state index in [9.17, 15) is 15.0 Å². The van der Waals surface area contributed by atoms with Crippen molar-refractivity contribution in [2.24, 2.45) is 11.8 Å². The van der Waals surface area contributed by atoms with Gasteiger partial charge in [-0.05, 0) is 48.6 Å². The molecular weight excluding hydrogens is 376 g/mol. The van der Waals surface area contributed by atoms with E-state index in [4.69, 9.17) is 11.6 Å². The predicted octanol–water partition coefficient (Wildman–Crippen LogP) is 4.74. The lowest BCUT2D eigenvalue weighted by atomic mass is 9.84. The molecule has 5 heteroatoms. The molecule has 1 aliphatic carbocycles. The van der Waals surface area contributed by atoms with Crippen molar-refractivity contribution in [3.05, 3.63) is 47.5 Å². The molecule has 1 unspecified atom stereocenters. The van der Waals surface area contributed by atoms with Gasteiger partial charge in [-0.15, -0.1) is 11.6 Å². The third-order valence-corrected chi connectivity index (χ3v) is 6.16. The molecule has 0 aromatic heterocycles. The highest BCUT2D eigenvalue weighted by Crippen LogP contribution is 2.45. The van der Waals surface area contributed by atoms with Crippen LogP contribution >= 0.6 is 11.6 Å². The zero-order valence-electron chi connectivity index (χ0n) is 17.1. The molecule has 28 heavy (non-hydrogen) atoms. The summed E-state index contributed by atoms with van der Waals surface area (Å²) in [5.41, 5.74) is 1.97. The van der Waals surface area contributed by atoms with Crippen molar-refractivity contribution in [2.45, 2.75) is 69.5 Å². The van der Waals surface area contributed by atoms with Crippen LogP contribution in [0.3, 0.4) is 0 Å². The highest BCUT2D eigenvalue weighted by atomic mass is 35.5. The van der Waals surface area contributed by atoms with Gasteiger partial charge in [-0.25, -0.2) is 0 Å². The number of halogens is 1. The first kappa shape index (κ1) is 22.9. The molecule has 1 fully saturated rings. The average Bonchev–Trinajstić information content (AvgIpc) is 2.96. The molecule has 5 atom stereocenters. The van der Waals surface area contributed by atoms with Gasteiger partial charge in [0.15, 0.2) is 0 Å². The maximum absolute atomic E-state index is 11.1. The van der Waals surface area contributed by atoms with E-state index in [1.54, 1.807) is 0 Å². The van der Waals surface area contributed by atoms with E-state index < -0.39 is 12.2 Å². The lowest BCUT2D eigenvalue weighted by Crippen LogP contribution is -2.18. The number of carbonyl (C=O) groups is 1. The lowest BCUT2D eigenvalue weighted by Gasteiger charge is -2.24. The summed E-state index contributed by atoms with van der Waals surface area (Å²) in [6, 6.07) is 7.93. The Morgan fingerprint density at radius 1 is 1.29 bits per heavy atom. The summed E-state index contributed by atoms with van der Waals surface area (Å²) < 4.78 is 4.64. The maximum atomic E-state index is 11.1. The first-order chi connectivity index (χ1) is 13.3. The van der Waals surface area contributed by atoms with Crippen LogP contribution in [0.15, 0.2) is 36.4 Å². The van der Waals surface area contributed by atoms with Gasteiger partial charge in [-0.2, -0.15) is 0 Å². The number of aliphatic hydroxyl groups is 2. The van der Waals surface area contributed by atoms with E-state index >= 15 is 0 Å². The number of methoxy groups -OCH3 is 1. The third-order valence-electron chi connectivity index (χ3n) is 5.66. The van der Waals surface area contributed by atoms with E-state index in [2.05, 4.69) is 16.9 Å². The Labute approximate surface area is 173 Å². The largest absolute Gasteiger partial charge is 0.469 e. The molecule has 0 aliphatic heterocycles. The lowest BCUT2D eigenvalue weighted by molar-refractivity contribution is -0.140. The summed E-state index contributed by atoms with van der Waals surface area (Å²) in [6.45, 7) is 3.98. The van der Waals surface area contributed by atoms with Gasteiger partial charge >= 0.3 is 5.97 Å². The molecule has 0 saturated heterocycles. The SMILES string of the molecule is COC(=O)CCCC=CC[C@@H]1[C@@H](c2ccc(C(O)C(C)C)cc2)[C@H](O)C[C@H]1Cl. The van der Waals surface area contributed by atoms with Crippen LogP contribution in [0.5, 0.6) is 0 Å². The highest BCUT2D eigenvalue weighted by molar-refractivity contribution is 6.21. The zero-order chi connectivity index (χ0) is 20.7. The van der Waals surface area contributed by atoms with Gasteiger partial charge in [0.05, 0.1) is 19.3 Å². The normalized spacial score (nSPS) is 26.1. The molecular formula is C23H33ClO4. The Kier molecular flexibility index (Phi) is 9.00. The van der Waals surface area contributed by atoms with Crippen molar-refractivity contribution in [1.82, 2.24) is 0 Å². The number of rotatable bonds is 9. The molecule has 156 valence electrons. The molecule has 0 bridgehead atoms. The number of hydrogen-bond donors (Lipinski definition) is 2. The van der Waals surface area contributed by atoms with E-state index in [0.717, 1.165) is 30.4 Å². The number of unbranched alkanes of at least 4 members (excludes halogenated alkanes) is 1. The summed E-state index contributed by atoms with van der Waals surface area (Å²) in [5.74, 6) is 0.133. The number of hydrogen-bond acceptors (Lipinski definition) is 4. The number of carbonyl (C=O) groups excluding carboxylic acids is 1. The predicted molar refractivity (Wildman–Crippen MR) is 112 cm³/mol. The van der Waals surface area contributed by atoms with Crippen molar-refractivity contribution >= 4 is 17.6 Å². The topological polar surface area (TPSA) is 66.8 Å². The molecule has 4 nitrogen and oxygen atoms in total. The molecule has 0 amide bonds. The van der Waals surface area contributed by atoms with Gasteiger partial charge in [-0.3, -0.25) is 4.79 Å². The minimum Gasteiger partial charge on any atom is -0.469 e. The monoisotopic (exact) mass is 408 g/mol. The molecule has 2 N–H and O–H groups in total. The molecule has 1 aliphatic rings. The quantitative estimate of drug-likeness (QED) is 0.268. The summed E-state index contributed by atoms with van der Waals surface area (Å²) >= 11 is 6.55. The van der Waals surface area contributed by atoms with E-state index in [1.165, 1.54) is 7.11 Å². The van der Waals surface area contributed by atoms with Gasteiger partial charge in [0.2, 0.25) is 0 Å². The van der Waals surface area contributed by atoms with E-state index in [0.29, 0.717) is 12.8 Å².